The monoisotopic (exact) mass is 558 g/mol. The molecule has 0 aliphatic heterocycles. The maximum atomic E-state index is 13.7. The molecule has 0 fully saturated rings. The number of hydrogen-bond donors (Lipinski definition) is 0. The summed E-state index contributed by atoms with van der Waals surface area (Å²) in [5.74, 6) is -0.694. The third-order valence-electron chi connectivity index (χ3n) is 7.76. The summed E-state index contributed by atoms with van der Waals surface area (Å²) in [6.07, 6.45) is 0. The van der Waals surface area contributed by atoms with E-state index in [1.807, 2.05) is 72.8 Å². The molecule has 216 valence electrons. The van der Waals surface area contributed by atoms with E-state index in [0.717, 1.165) is 16.7 Å². The Kier molecular flexibility index (Phi) is 8.29. The summed E-state index contributed by atoms with van der Waals surface area (Å²) in [7, 11) is 0. The second-order valence-corrected chi connectivity index (χ2v) is 14.3. The first-order valence-corrected chi connectivity index (χ1v) is 14.6. The van der Waals surface area contributed by atoms with Gasteiger partial charge in [-0.1, -0.05) is 135 Å². The predicted octanol–water partition coefficient (Wildman–Crippen LogP) is 9.27. The average Bonchev–Trinajstić information content (AvgIpc) is 2.94. The third kappa shape index (κ3) is 6.85. The SMILES string of the molecule is CC(C)(C)c1ccc(C(=O)c2cc(C(=O)c3ccc(C(C)(C)C)cc3)cc(C(=O)c3ccc(C(C)(C)C)cc3)c2)cc1. The van der Waals surface area contributed by atoms with Crippen molar-refractivity contribution in [2.24, 2.45) is 0 Å². The van der Waals surface area contributed by atoms with Crippen LogP contribution in [0.3, 0.4) is 0 Å². The van der Waals surface area contributed by atoms with E-state index in [1.54, 1.807) is 18.2 Å². The minimum atomic E-state index is -0.231. The van der Waals surface area contributed by atoms with Crippen molar-refractivity contribution in [1.29, 1.82) is 0 Å². The fourth-order valence-corrected chi connectivity index (χ4v) is 4.89. The molecule has 0 aromatic heterocycles. The van der Waals surface area contributed by atoms with Crippen LogP contribution in [0, 0.1) is 0 Å². The lowest BCUT2D eigenvalue weighted by molar-refractivity contribution is 0.103. The van der Waals surface area contributed by atoms with E-state index in [9.17, 15) is 14.4 Å². The zero-order valence-corrected chi connectivity index (χ0v) is 26.4. The zero-order chi connectivity index (χ0) is 31.0. The predicted molar refractivity (Wildman–Crippen MR) is 172 cm³/mol. The van der Waals surface area contributed by atoms with Crippen LogP contribution in [-0.2, 0) is 16.2 Å². The lowest BCUT2D eigenvalue weighted by atomic mass is 9.85. The summed E-state index contributed by atoms with van der Waals surface area (Å²) < 4.78 is 0. The van der Waals surface area contributed by atoms with Gasteiger partial charge < -0.3 is 0 Å². The van der Waals surface area contributed by atoms with Gasteiger partial charge in [0.2, 0.25) is 0 Å². The molecular formula is C39H42O3. The standard InChI is InChI=1S/C39H42O3/c1-37(2,3)31-16-10-25(11-17-31)34(40)28-22-29(35(41)26-12-18-32(19-13-26)38(4,5)6)24-30(23-28)36(42)27-14-20-33(21-15-27)39(7,8)9/h10-24H,1-9H3. The van der Waals surface area contributed by atoms with Gasteiger partial charge in [0.25, 0.3) is 0 Å². The van der Waals surface area contributed by atoms with Gasteiger partial charge >= 0.3 is 0 Å². The summed E-state index contributed by atoms with van der Waals surface area (Å²) in [5, 5.41) is 0. The molecule has 0 aliphatic carbocycles. The fraction of sp³-hybridized carbons (Fsp3) is 0.308. The van der Waals surface area contributed by atoms with Crippen molar-refractivity contribution >= 4 is 17.3 Å². The fourth-order valence-electron chi connectivity index (χ4n) is 4.89. The van der Waals surface area contributed by atoms with Crippen LogP contribution in [0.15, 0.2) is 91.0 Å². The maximum absolute atomic E-state index is 13.7. The van der Waals surface area contributed by atoms with E-state index in [-0.39, 0.29) is 33.6 Å². The second-order valence-electron chi connectivity index (χ2n) is 14.3. The minimum Gasteiger partial charge on any atom is -0.289 e. The summed E-state index contributed by atoms with van der Waals surface area (Å²) in [6, 6.07) is 27.5. The Morgan fingerprint density at radius 2 is 0.524 bits per heavy atom. The third-order valence-corrected chi connectivity index (χ3v) is 7.76. The molecule has 0 spiro atoms. The Morgan fingerprint density at radius 1 is 0.333 bits per heavy atom. The number of carbonyl (C=O) groups is 3. The minimum absolute atomic E-state index is 0.0431. The van der Waals surface area contributed by atoms with Gasteiger partial charge in [0.1, 0.15) is 0 Å². The van der Waals surface area contributed by atoms with E-state index in [2.05, 4.69) is 62.3 Å². The van der Waals surface area contributed by atoms with Crippen LogP contribution in [0.4, 0.5) is 0 Å². The van der Waals surface area contributed by atoms with Crippen LogP contribution >= 0.6 is 0 Å². The average molecular weight is 559 g/mol. The van der Waals surface area contributed by atoms with Crippen LogP contribution < -0.4 is 0 Å². The van der Waals surface area contributed by atoms with Gasteiger partial charge in [-0.3, -0.25) is 14.4 Å². The van der Waals surface area contributed by atoms with Crippen molar-refractivity contribution in [2.45, 2.75) is 78.6 Å². The molecule has 4 aromatic carbocycles. The number of benzene rings is 4. The second kappa shape index (κ2) is 11.3. The first kappa shape index (κ1) is 30.8. The molecule has 0 saturated heterocycles. The lowest BCUT2D eigenvalue weighted by Crippen LogP contribution is -2.13. The molecule has 3 heteroatoms. The molecule has 0 heterocycles. The van der Waals surface area contributed by atoms with E-state index in [1.165, 1.54) is 0 Å². The molecule has 0 bridgehead atoms. The lowest BCUT2D eigenvalue weighted by Gasteiger charge is -2.19. The highest BCUT2D eigenvalue weighted by molar-refractivity contribution is 6.17. The molecule has 0 amide bonds. The van der Waals surface area contributed by atoms with Crippen LogP contribution in [0.1, 0.15) is 127 Å². The summed E-state index contributed by atoms with van der Waals surface area (Å²) >= 11 is 0. The Bertz CT molecular complexity index is 1400. The number of ketones is 3. The van der Waals surface area contributed by atoms with Crippen LogP contribution in [0.2, 0.25) is 0 Å². The molecule has 4 rings (SSSR count). The number of hydrogen-bond acceptors (Lipinski definition) is 3. The molecule has 0 atom stereocenters. The molecule has 0 saturated carbocycles. The molecule has 0 radical (unpaired) electrons. The Hall–Kier alpha value is -4.11. The molecule has 0 N–H and O–H groups in total. The zero-order valence-electron chi connectivity index (χ0n) is 26.4. The van der Waals surface area contributed by atoms with E-state index >= 15 is 0 Å². The normalized spacial score (nSPS) is 12.2. The summed E-state index contributed by atoms with van der Waals surface area (Å²) in [4.78, 5) is 41.2. The molecule has 0 unspecified atom stereocenters. The van der Waals surface area contributed by atoms with Crippen molar-refractivity contribution in [3.05, 3.63) is 141 Å². The van der Waals surface area contributed by atoms with Gasteiger partial charge in [-0.15, -0.1) is 0 Å². The highest BCUT2D eigenvalue weighted by Crippen LogP contribution is 2.27. The highest BCUT2D eigenvalue weighted by Gasteiger charge is 2.22. The summed E-state index contributed by atoms with van der Waals surface area (Å²) in [6.45, 7) is 19.1. The largest absolute Gasteiger partial charge is 0.289 e. The summed E-state index contributed by atoms with van der Waals surface area (Å²) in [5.41, 5.74) is 5.69. The molecule has 42 heavy (non-hydrogen) atoms. The Morgan fingerprint density at radius 3 is 0.690 bits per heavy atom. The van der Waals surface area contributed by atoms with Crippen LogP contribution in [0.5, 0.6) is 0 Å². The van der Waals surface area contributed by atoms with Crippen molar-refractivity contribution in [3.63, 3.8) is 0 Å². The van der Waals surface area contributed by atoms with Crippen molar-refractivity contribution in [3.8, 4) is 0 Å². The molecule has 3 nitrogen and oxygen atoms in total. The highest BCUT2D eigenvalue weighted by atomic mass is 16.1. The molecular weight excluding hydrogens is 516 g/mol. The van der Waals surface area contributed by atoms with Gasteiger partial charge in [0.15, 0.2) is 17.3 Å². The van der Waals surface area contributed by atoms with Gasteiger partial charge in [0, 0.05) is 33.4 Å². The van der Waals surface area contributed by atoms with Gasteiger partial charge in [-0.05, 0) is 51.1 Å². The molecule has 0 aliphatic rings. The van der Waals surface area contributed by atoms with Gasteiger partial charge in [-0.25, -0.2) is 0 Å². The van der Waals surface area contributed by atoms with Crippen LogP contribution in [0.25, 0.3) is 0 Å². The topological polar surface area (TPSA) is 51.2 Å². The Balaban J connectivity index is 1.78. The van der Waals surface area contributed by atoms with Crippen molar-refractivity contribution < 1.29 is 14.4 Å². The van der Waals surface area contributed by atoms with Crippen LogP contribution in [-0.4, -0.2) is 17.3 Å². The Labute approximate surface area is 251 Å². The maximum Gasteiger partial charge on any atom is 0.193 e. The van der Waals surface area contributed by atoms with Crippen molar-refractivity contribution in [2.75, 3.05) is 0 Å². The van der Waals surface area contributed by atoms with Gasteiger partial charge in [-0.2, -0.15) is 0 Å². The molecule has 4 aromatic rings. The first-order valence-electron chi connectivity index (χ1n) is 14.6. The number of rotatable bonds is 6. The quantitative estimate of drug-likeness (QED) is 0.222. The van der Waals surface area contributed by atoms with E-state index in [4.69, 9.17) is 0 Å². The van der Waals surface area contributed by atoms with Gasteiger partial charge in [0.05, 0.1) is 0 Å². The van der Waals surface area contributed by atoms with Crippen molar-refractivity contribution in [1.82, 2.24) is 0 Å². The van der Waals surface area contributed by atoms with E-state index in [0.29, 0.717) is 33.4 Å². The van der Waals surface area contributed by atoms with E-state index < -0.39 is 0 Å². The number of carbonyl (C=O) groups excluding carboxylic acids is 3. The first-order chi connectivity index (χ1) is 19.4. The smallest absolute Gasteiger partial charge is 0.193 e.